The van der Waals surface area contributed by atoms with Crippen LogP contribution in [0, 0.1) is 0 Å². The van der Waals surface area contributed by atoms with Crippen LogP contribution in [0.5, 0.6) is 0 Å². The third kappa shape index (κ3) is 2.62. The van der Waals surface area contributed by atoms with Crippen molar-refractivity contribution in [1.29, 1.82) is 0 Å². The highest BCUT2D eigenvalue weighted by Gasteiger charge is 2.14. The van der Waals surface area contributed by atoms with Crippen molar-refractivity contribution < 1.29 is 4.42 Å². The molecule has 0 aliphatic rings. The largest absolute Gasteiger partial charge is 0.448 e. The van der Waals surface area contributed by atoms with E-state index in [0.29, 0.717) is 5.22 Å². The van der Waals surface area contributed by atoms with E-state index in [0.717, 1.165) is 12.2 Å². The normalized spacial score (nSPS) is 12.9. The van der Waals surface area contributed by atoms with E-state index in [1.165, 1.54) is 4.88 Å². The molecule has 0 saturated carbocycles. The van der Waals surface area contributed by atoms with Gasteiger partial charge >= 0.3 is 0 Å². The highest BCUT2D eigenvalue weighted by molar-refractivity contribution is 7.09. The molecule has 0 aromatic carbocycles. The number of rotatable bonds is 4. The van der Waals surface area contributed by atoms with Crippen molar-refractivity contribution in [3.05, 3.63) is 45.5 Å². The van der Waals surface area contributed by atoms with Crippen molar-refractivity contribution in [2.24, 2.45) is 0 Å². The second kappa shape index (κ2) is 4.84. The molecular formula is C11H12ClNOS. The summed E-state index contributed by atoms with van der Waals surface area (Å²) in [5.74, 6) is 0.885. The molecule has 1 atom stereocenters. The first kappa shape index (κ1) is 10.7. The molecule has 2 aromatic heterocycles. The molecule has 1 unspecified atom stereocenters. The Bertz CT molecular complexity index is 410. The zero-order chi connectivity index (χ0) is 10.7. The van der Waals surface area contributed by atoms with E-state index in [-0.39, 0.29) is 6.04 Å². The minimum atomic E-state index is 0.191. The molecule has 2 nitrogen and oxygen atoms in total. The van der Waals surface area contributed by atoms with Crippen LogP contribution in [-0.2, 0) is 6.42 Å². The molecule has 80 valence electrons. The quantitative estimate of drug-likeness (QED) is 0.887. The number of nitrogens with one attached hydrogen (secondary N) is 1. The lowest BCUT2D eigenvalue weighted by Gasteiger charge is -2.11. The van der Waals surface area contributed by atoms with Gasteiger partial charge in [-0.1, -0.05) is 6.07 Å². The summed E-state index contributed by atoms with van der Waals surface area (Å²) in [5.41, 5.74) is 0. The Morgan fingerprint density at radius 3 is 2.87 bits per heavy atom. The molecule has 0 fully saturated rings. The Kier molecular flexibility index (Phi) is 3.46. The maximum Gasteiger partial charge on any atom is 0.193 e. The van der Waals surface area contributed by atoms with E-state index in [2.05, 4.69) is 22.8 Å². The lowest BCUT2D eigenvalue weighted by atomic mass is 10.1. The van der Waals surface area contributed by atoms with Crippen molar-refractivity contribution >= 4 is 22.9 Å². The molecule has 0 spiro atoms. The molecule has 0 aliphatic carbocycles. The van der Waals surface area contributed by atoms with Crippen molar-refractivity contribution in [3.8, 4) is 0 Å². The molecule has 15 heavy (non-hydrogen) atoms. The van der Waals surface area contributed by atoms with Gasteiger partial charge in [-0.05, 0) is 42.2 Å². The molecule has 1 N–H and O–H groups in total. The van der Waals surface area contributed by atoms with E-state index in [1.807, 2.05) is 13.1 Å². The number of furan rings is 1. The monoisotopic (exact) mass is 241 g/mol. The van der Waals surface area contributed by atoms with Crippen LogP contribution >= 0.6 is 22.9 Å². The SMILES string of the molecule is CNC(Cc1cccs1)c1ccc(Cl)o1. The first-order valence-corrected chi connectivity index (χ1v) is 6.00. The minimum absolute atomic E-state index is 0.191. The predicted octanol–water partition coefficient (Wildman–Crippen LogP) is 3.50. The molecule has 2 heterocycles. The van der Waals surface area contributed by atoms with Gasteiger partial charge in [-0.15, -0.1) is 11.3 Å². The number of halogens is 1. The number of hydrogen-bond donors (Lipinski definition) is 1. The molecule has 0 radical (unpaired) electrons. The van der Waals surface area contributed by atoms with Gasteiger partial charge in [0, 0.05) is 11.3 Å². The van der Waals surface area contributed by atoms with Crippen molar-refractivity contribution in [3.63, 3.8) is 0 Å². The van der Waals surface area contributed by atoms with Crippen LogP contribution in [0.4, 0.5) is 0 Å². The molecule has 0 aliphatic heterocycles. The van der Waals surface area contributed by atoms with E-state index in [1.54, 1.807) is 17.4 Å². The Morgan fingerprint density at radius 2 is 2.33 bits per heavy atom. The maximum absolute atomic E-state index is 5.75. The Hall–Kier alpha value is -0.770. The molecule has 0 amide bonds. The zero-order valence-electron chi connectivity index (χ0n) is 8.37. The molecular weight excluding hydrogens is 230 g/mol. The predicted molar refractivity (Wildman–Crippen MR) is 63.5 cm³/mol. The maximum atomic E-state index is 5.75. The standard InChI is InChI=1S/C11H12ClNOS/c1-13-9(7-8-3-2-6-15-8)10-4-5-11(12)14-10/h2-6,9,13H,7H2,1H3. The summed E-state index contributed by atoms with van der Waals surface area (Å²) in [7, 11) is 1.93. The average Bonchev–Trinajstić information content (AvgIpc) is 2.85. The van der Waals surface area contributed by atoms with Crippen LogP contribution in [0.1, 0.15) is 16.7 Å². The Morgan fingerprint density at radius 1 is 1.47 bits per heavy atom. The Balaban J connectivity index is 2.11. The molecule has 0 bridgehead atoms. The minimum Gasteiger partial charge on any atom is -0.448 e. The summed E-state index contributed by atoms with van der Waals surface area (Å²) in [6.07, 6.45) is 0.929. The van der Waals surface area contributed by atoms with E-state index < -0.39 is 0 Å². The van der Waals surface area contributed by atoms with Crippen LogP contribution in [-0.4, -0.2) is 7.05 Å². The van der Waals surface area contributed by atoms with Gasteiger partial charge in [-0.25, -0.2) is 0 Å². The number of thiophene rings is 1. The molecule has 2 rings (SSSR count). The van der Waals surface area contributed by atoms with Gasteiger partial charge in [0.25, 0.3) is 0 Å². The summed E-state index contributed by atoms with van der Waals surface area (Å²) in [6, 6.07) is 8.06. The van der Waals surface area contributed by atoms with Gasteiger partial charge in [0.05, 0.1) is 6.04 Å². The summed E-state index contributed by atoms with van der Waals surface area (Å²) in [5, 5.41) is 5.75. The van der Waals surface area contributed by atoms with Crippen molar-refractivity contribution in [2.45, 2.75) is 12.5 Å². The summed E-state index contributed by atoms with van der Waals surface area (Å²) >= 11 is 7.50. The molecule has 2 aromatic rings. The first-order valence-electron chi connectivity index (χ1n) is 4.74. The zero-order valence-corrected chi connectivity index (χ0v) is 9.94. The highest BCUT2D eigenvalue weighted by Crippen LogP contribution is 2.24. The van der Waals surface area contributed by atoms with Crippen molar-refractivity contribution in [2.75, 3.05) is 7.05 Å². The van der Waals surface area contributed by atoms with Gasteiger partial charge in [-0.3, -0.25) is 0 Å². The van der Waals surface area contributed by atoms with Crippen LogP contribution in [0.25, 0.3) is 0 Å². The average molecular weight is 242 g/mol. The van der Waals surface area contributed by atoms with Crippen molar-refractivity contribution in [1.82, 2.24) is 5.32 Å². The summed E-state index contributed by atoms with van der Waals surface area (Å²) < 4.78 is 5.39. The summed E-state index contributed by atoms with van der Waals surface area (Å²) in [6.45, 7) is 0. The summed E-state index contributed by atoms with van der Waals surface area (Å²) in [4.78, 5) is 1.34. The van der Waals surface area contributed by atoms with Gasteiger partial charge in [-0.2, -0.15) is 0 Å². The number of hydrogen-bond acceptors (Lipinski definition) is 3. The highest BCUT2D eigenvalue weighted by atomic mass is 35.5. The van der Waals surface area contributed by atoms with Crippen LogP contribution in [0.3, 0.4) is 0 Å². The molecule has 0 saturated heterocycles. The third-order valence-corrected chi connectivity index (χ3v) is 3.37. The third-order valence-electron chi connectivity index (χ3n) is 2.27. The first-order chi connectivity index (χ1) is 7.29. The van der Waals surface area contributed by atoms with Crippen LogP contribution < -0.4 is 5.32 Å². The van der Waals surface area contributed by atoms with Gasteiger partial charge in [0.1, 0.15) is 5.76 Å². The Labute approximate surface area is 97.9 Å². The fourth-order valence-corrected chi connectivity index (χ4v) is 2.39. The van der Waals surface area contributed by atoms with Gasteiger partial charge in [0.15, 0.2) is 5.22 Å². The van der Waals surface area contributed by atoms with Crippen LogP contribution in [0.15, 0.2) is 34.1 Å². The fourth-order valence-electron chi connectivity index (χ4n) is 1.49. The molecule has 4 heteroatoms. The van der Waals surface area contributed by atoms with E-state index >= 15 is 0 Å². The second-order valence-corrected chi connectivity index (χ2v) is 4.67. The van der Waals surface area contributed by atoms with E-state index in [9.17, 15) is 0 Å². The number of likely N-dealkylation sites (N-methyl/N-ethyl adjacent to an activating group) is 1. The van der Waals surface area contributed by atoms with E-state index in [4.69, 9.17) is 16.0 Å². The topological polar surface area (TPSA) is 25.2 Å². The second-order valence-electron chi connectivity index (χ2n) is 3.27. The lowest BCUT2D eigenvalue weighted by Crippen LogP contribution is -2.17. The van der Waals surface area contributed by atoms with Gasteiger partial charge < -0.3 is 9.73 Å². The van der Waals surface area contributed by atoms with Crippen LogP contribution in [0.2, 0.25) is 5.22 Å². The van der Waals surface area contributed by atoms with Gasteiger partial charge in [0.2, 0.25) is 0 Å². The smallest absolute Gasteiger partial charge is 0.193 e. The lowest BCUT2D eigenvalue weighted by molar-refractivity contribution is 0.432. The fraction of sp³-hybridized carbons (Fsp3) is 0.273.